The minimum atomic E-state index is -3.82. The predicted octanol–water partition coefficient (Wildman–Crippen LogP) is 4.27. The molecule has 0 aliphatic heterocycles. The van der Waals surface area contributed by atoms with Gasteiger partial charge in [0.2, 0.25) is 5.91 Å². The molecule has 0 spiro atoms. The maximum atomic E-state index is 12.7. The zero-order chi connectivity index (χ0) is 25.9. The monoisotopic (exact) mass is 504 g/mol. The predicted molar refractivity (Wildman–Crippen MR) is 139 cm³/mol. The molecule has 10 heteroatoms. The number of carbonyl (C=O) groups is 1. The second-order valence-electron chi connectivity index (χ2n) is 8.63. The SMILES string of the molecule is Cc1cc(NS(=O)(=O)c2ccc(NC(=O)CCc3ccc(-n4nc(C)cc4C)cc3)cc2)nc(C)n1. The van der Waals surface area contributed by atoms with Crippen LogP contribution in [0.3, 0.4) is 0 Å². The average molecular weight is 505 g/mol. The summed E-state index contributed by atoms with van der Waals surface area (Å²) in [7, 11) is -3.82. The number of rotatable bonds is 8. The molecule has 4 rings (SSSR count). The molecule has 0 saturated carbocycles. The van der Waals surface area contributed by atoms with Gasteiger partial charge in [-0.3, -0.25) is 9.52 Å². The number of hydrogen-bond acceptors (Lipinski definition) is 6. The molecule has 2 aromatic heterocycles. The number of sulfonamides is 1. The Bertz CT molecular complexity index is 1470. The van der Waals surface area contributed by atoms with Crippen LogP contribution in [0.25, 0.3) is 5.69 Å². The molecule has 2 aromatic carbocycles. The van der Waals surface area contributed by atoms with Gasteiger partial charge in [-0.05, 0) is 82.1 Å². The average Bonchev–Trinajstić information content (AvgIpc) is 3.15. The van der Waals surface area contributed by atoms with Gasteiger partial charge in [-0.15, -0.1) is 0 Å². The summed E-state index contributed by atoms with van der Waals surface area (Å²) >= 11 is 0. The number of aryl methyl sites for hydroxylation is 5. The molecule has 0 bridgehead atoms. The summed E-state index contributed by atoms with van der Waals surface area (Å²) in [5.74, 6) is 0.531. The van der Waals surface area contributed by atoms with E-state index in [1.807, 2.05) is 48.9 Å². The molecule has 4 aromatic rings. The van der Waals surface area contributed by atoms with Crippen LogP contribution in [0.2, 0.25) is 0 Å². The number of anilines is 2. The van der Waals surface area contributed by atoms with Crippen LogP contribution in [0, 0.1) is 27.7 Å². The summed E-state index contributed by atoms with van der Waals surface area (Å²) in [4.78, 5) is 20.8. The molecule has 0 aliphatic carbocycles. The first-order valence-electron chi connectivity index (χ1n) is 11.5. The van der Waals surface area contributed by atoms with Gasteiger partial charge in [0, 0.05) is 29.6 Å². The van der Waals surface area contributed by atoms with Crippen LogP contribution >= 0.6 is 0 Å². The van der Waals surface area contributed by atoms with Gasteiger partial charge in [0.25, 0.3) is 10.0 Å². The van der Waals surface area contributed by atoms with Gasteiger partial charge < -0.3 is 5.32 Å². The Kier molecular flexibility index (Phi) is 7.16. The third-order valence-electron chi connectivity index (χ3n) is 5.48. The lowest BCUT2D eigenvalue weighted by Crippen LogP contribution is -2.15. The van der Waals surface area contributed by atoms with E-state index < -0.39 is 10.0 Å². The topological polar surface area (TPSA) is 119 Å². The highest BCUT2D eigenvalue weighted by Gasteiger charge is 2.16. The first-order valence-corrected chi connectivity index (χ1v) is 12.9. The van der Waals surface area contributed by atoms with Crippen LogP contribution in [0.15, 0.2) is 65.6 Å². The molecule has 0 saturated heterocycles. The number of benzene rings is 2. The first kappa shape index (κ1) is 25.1. The summed E-state index contributed by atoms with van der Waals surface area (Å²) in [6.45, 7) is 7.43. The van der Waals surface area contributed by atoms with E-state index >= 15 is 0 Å². The van der Waals surface area contributed by atoms with Crippen LogP contribution in [-0.2, 0) is 21.2 Å². The van der Waals surface area contributed by atoms with Crippen molar-refractivity contribution < 1.29 is 13.2 Å². The lowest BCUT2D eigenvalue weighted by atomic mass is 10.1. The van der Waals surface area contributed by atoms with E-state index in [1.54, 1.807) is 32.0 Å². The zero-order valence-corrected chi connectivity index (χ0v) is 21.4. The molecular formula is C26H28N6O3S. The molecule has 36 heavy (non-hydrogen) atoms. The molecule has 0 fully saturated rings. The van der Waals surface area contributed by atoms with Gasteiger partial charge in [-0.2, -0.15) is 5.10 Å². The molecule has 0 radical (unpaired) electrons. The van der Waals surface area contributed by atoms with Crippen molar-refractivity contribution in [1.29, 1.82) is 0 Å². The van der Waals surface area contributed by atoms with Crippen LogP contribution in [-0.4, -0.2) is 34.1 Å². The van der Waals surface area contributed by atoms with E-state index in [0.29, 0.717) is 30.0 Å². The summed E-state index contributed by atoms with van der Waals surface area (Å²) in [6.07, 6.45) is 0.880. The number of nitrogens with one attached hydrogen (secondary N) is 2. The molecule has 1 amide bonds. The fourth-order valence-electron chi connectivity index (χ4n) is 3.86. The molecule has 9 nitrogen and oxygen atoms in total. The van der Waals surface area contributed by atoms with Gasteiger partial charge in [-0.1, -0.05) is 12.1 Å². The normalized spacial score (nSPS) is 11.3. The zero-order valence-electron chi connectivity index (χ0n) is 20.6. The Morgan fingerprint density at radius 2 is 1.58 bits per heavy atom. The molecule has 2 N–H and O–H groups in total. The molecule has 0 aliphatic rings. The van der Waals surface area contributed by atoms with Crippen LogP contribution in [0.4, 0.5) is 11.5 Å². The second-order valence-corrected chi connectivity index (χ2v) is 10.3. The number of hydrogen-bond donors (Lipinski definition) is 2. The van der Waals surface area contributed by atoms with Crippen LogP contribution in [0.5, 0.6) is 0 Å². The second kappa shape index (κ2) is 10.3. The maximum Gasteiger partial charge on any atom is 0.263 e. The van der Waals surface area contributed by atoms with E-state index in [-0.39, 0.29) is 16.6 Å². The van der Waals surface area contributed by atoms with Gasteiger partial charge in [0.1, 0.15) is 11.6 Å². The Morgan fingerprint density at radius 1 is 0.889 bits per heavy atom. The van der Waals surface area contributed by atoms with Crippen molar-refractivity contribution in [3.05, 3.63) is 89.1 Å². The minimum absolute atomic E-state index is 0.0668. The van der Waals surface area contributed by atoms with Gasteiger partial charge in [0.05, 0.1) is 16.3 Å². The minimum Gasteiger partial charge on any atom is -0.326 e. The molecule has 2 heterocycles. The smallest absolute Gasteiger partial charge is 0.263 e. The largest absolute Gasteiger partial charge is 0.326 e. The Labute approximate surface area is 210 Å². The van der Waals surface area contributed by atoms with Crippen molar-refractivity contribution >= 4 is 27.4 Å². The van der Waals surface area contributed by atoms with Gasteiger partial charge >= 0.3 is 0 Å². The van der Waals surface area contributed by atoms with E-state index in [9.17, 15) is 13.2 Å². The highest BCUT2D eigenvalue weighted by atomic mass is 32.2. The third kappa shape index (κ3) is 6.14. The number of aromatic nitrogens is 4. The van der Waals surface area contributed by atoms with E-state index in [0.717, 1.165) is 22.6 Å². The lowest BCUT2D eigenvalue weighted by molar-refractivity contribution is -0.116. The van der Waals surface area contributed by atoms with E-state index in [4.69, 9.17) is 0 Å². The van der Waals surface area contributed by atoms with Gasteiger partial charge in [0.15, 0.2) is 0 Å². The van der Waals surface area contributed by atoms with Crippen LogP contribution < -0.4 is 10.0 Å². The number of nitrogens with zero attached hydrogens (tertiary/aromatic N) is 4. The fraction of sp³-hybridized carbons (Fsp3) is 0.231. The van der Waals surface area contributed by atoms with Crippen molar-refractivity contribution in [3.8, 4) is 5.69 Å². The van der Waals surface area contributed by atoms with Crippen molar-refractivity contribution in [1.82, 2.24) is 19.7 Å². The number of carbonyl (C=O) groups excluding carboxylic acids is 1. The third-order valence-corrected chi connectivity index (χ3v) is 6.86. The van der Waals surface area contributed by atoms with Crippen molar-refractivity contribution in [2.45, 2.75) is 45.4 Å². The highest BCUT2D eigenvalue weighted by molar-refractivity contribution is 7.92. The molecule has 0 atom stereocenters. The maximum absolute atomic E-state index is 12.7. The summed E-state index contributed by atoms with van der Waals surface area (Å²) in [5.41, 5.74) is 5.23. The fourth-order valence-corrected chi connectivity index (χ4v) is 4.85. The molecule has 0 unspecified atom stereocenters. The summed E-state index contributed by atoms with van der Waals surface area (Å²) < 4.78 is 29.7. The Hall–Kier alpha value is -4.05. The van der Waals surface area contributed by atoms with Crippen molar-refractivity contribution in [2.75, 3.05) is 10.0 Å². The Balaban J connectivity index is 1.32. The van der Waals surface area contributed by atoms with E-state index in [1.165, 1.54) is 12.1 Å². The quantitative estimate of drug-likeness (QED) is 0.370. The number of amides is 1. The lowest BCUT2D eigenvalue weighted by Gasteiger charge is -2.10. The molecule has 186 valence electrons. The van der Waals surface area contributed by atoms with Gasteiger partial charge in [-0.25, -0.2) is 23.1 Å². The van der Waals surface area contributed by atoms with Crippen molar-refractivity contribution in [2.24, 2.45) is 0 Å². The standard InChI is InChI=1S/C26H28N6O3S/c1-17-16-25(28-20(4)27-17)31-36(34,35)24-12-8-22(9-13-24)29-26(33)14-7-21-5-10-23(11-6-21)32-19(3)15-18(2)30-32/h5-6,8-13,15-16H,7,14H2,1-4H3,(H,29,33)(H,27,28,31). The molecular weight excluding hydrogens is 476 g/mol. The van der Waals surface area contributed by atoms with E-state index in [2.05, 4.69) is 25.1 Å². The van der Waals surface area contributed by atoms with Crippen LogP contribution in [0.1, 0.15) is 34.9 Å². The summed E-state index contributed by atoms with van der Waals surface area (Å²) in [5, 5.41) is 7.30. The highest BCUT2D eigenvalue weighted by Crippen LogP contribution is 2.19. The van der Waals surface area contributed by atoms with Crippen molar-refractivity contribution in [3.63, 3.8) is 0 Å². The summed E-state index contributed by atoms with van der Waals surface area (Å²) in [6, 6.07) is 17.6. The Morgan fingerprint density at radius 3 is 2.19 bits per heavy atom. The first-order chi connectivity index (χ1) is 17.1.